The number of nitrogens with zero attached hydrogens (tertiary/aromatic N) is 1. The molecule has 4 heteroatoms. The molecule has 0 aliphatic carbocycles. The molecule has 0 amide bonds. The molecule has 0 aliphatic rings. The van der Waals surface area contributed by atoms with E-state index in [4.69, 9.17) is 4.74 Å². The van der Waals surface area contributed by atoms with Crippen LogP contribution in [0.15, 0.2) is 47.2 Å². The van der Waals surface area contributed by atoms with E-state index in [9.17, 15) is 4.39 Å². The summed E-state index contributed by atoms with van der Waals surface area (Å²) in [7, 11) is 0. The minimum Gasteiger partial charge on any atom is -0.486 e. The van der Waals surface area contributed by atoms with Crippen LogP contribution >= 0.6 is 15.9 Å². The molecule has 1 heterocycles. The highest BCUT2D eigenvalue weighted by atomic mass is 79.9. The Kier molecular flexibility index (Phi) is 3.51. The van der Waals surface area contributed by atoms with Crippen LogP contribution in [-0.2, 0) is 6.61 Å². The lowest BCUT2D eigenvalue weighted by molar-refractivity contribution is 0.289. The molecule has 1 aromatic carbocycles. The summed E-state index contributed by atoms with van der Waals surface area (Å²) in [4.78, 5) is 3.76. The summed E-state index contributed by atoms with van der Waals surface area (Å²) < 4.78 is 19.2. The topological polar surface area (TPSA) is 22.1 Å². The molecule has 2 nitrogen and oxygen atoms in total. The molecule has 0 fully saturated rings. The minimum atomic E-state index is -0.459. The molecule has 0 saturated heterocycles. The molecule has 0 saturated carbocycles. The Hall–Kier alpha value is -1.42. The first-order chi connectivity index (χ1) is 7.75. The van der Waals surface area contributed by atoms with E-state index in [1.54, 1.807) is 0 Å². The normalized spacial score (nSPS) is 10.1. The molecule has 2 aromatic rings. The smallest absolute Gasteiger partial charge is 0.183 e. The van der Waals surface area contributed by atoms with Crippen LogP contribution in [-0.4, -0.2) is 4.98 Å². The first-order valence-electron chi connectivity index (χ1n) is 4.73. The fourth-order valence-electron chi connectivity index (χ4n) is 1.24. The zero-order valence-electron chi connectivity index (χ0n) is 8.36. The van der Waals surface area contributed by atoms with E-state index in [-0.39, 0.29) is 5.75 Å². The fourth-order valence-corrected chi connectivity index (χ4v) is 1.55. The summed E-state index contributed by atoms with van der Waals surface area (Å²) in [5.41, 5.74) is 0.995. The van der Waals surface area contributed by atoms with Crippen LogP contribution in [0.25, 0.3) is 0 Å². The Morgan fingerprint density at radius 1 is 1.25 bits per heavy atom. The third-order valence-electron chi connectivity index (χ3n) is 2.02. The molecule has 16 heavy (non-hydrogen) atoms. The average molecular weight is 282 g/mol. The van der Waals surface area contributed by atoms with Gasteiger partial charge in [-0.05, 0) is 21.5 Å². The van der Waals surface area contributed by atoms with Crippen molar-refractivity contribution in [1.82, 2.24) is 4.98 Å². The van der Waals surface area contributed by atoms with Crippen molar-refractivity contribution in [2.45, 2.75) is 6.61 Å². The second-order valence-corrected chi connectivity index (χ2v) is 4.02. The van der Waals surface area contributed by atoms with E-state index in [0.29, 0.717) is 11.2 Å². The number of hydrogen-bond donors (Lipinski definition) is 0. The van der Waals surface area contributed by atoms with Gasteiger partial charge in [0.2, 0.25) is 0 Å². The summed E-state index contributed by atoms with van der Waals surface area (Å²) in [6.07, 6.45) is 1.13. The van der Waals surface area contributed by atoms with Crippen molar-refractivity contribution in [2.75, 3.05) is 0 Å². The van der Waals surface area contributed by atoms with E-state index in [2.05, 4.69) is 20.9 Å². The lowest BCUT2D eigenvalue weighted by Gasteiger charge is -2.07. The maximum absolute atomic E-state index is 13.3. The molecular weight excluding hydrogens is 273 g/mol. The molecule has 0 aliphatic heterocycles. The maximum atomic E-state index is 13.3. The van der Waals surface area contributed by atoms with Crippen molar-refractivity contribution >= 4 is 15.9 Å². The lowest BCUT2D eigenvalue weighted by atomic mass is 10.2. The number of hydrogen-bond acceptors (Lipinski definition) is 2. The number of benzene rings is 1. The zero-order chi connectivity index (χ0) is 11.4. The average Bonchev–Trinajstić information content (AvgIpc) is 2.32. The van der Waals surface area contributed by atoms with Crippen LogP contribution in [0.2, 0.25) is 0 Å². The predicted molar refractivity (Wildman–Crippen MR) is 62.7 cm³/mol. The quantitative estimate of drug-likeness (QED) is 0.803. The zero-order valence-corrected chi connectivity index (χ0v) is 9.95. The van der Waals surface area contributed by atoms with E-state index in [0.717, 1.165) is 11.8 Å². The van der Waals surface area contributed by atoms with Crippen molar-refractivity contribution in [1.29, 1.82) is 0 Å². The third-order valence-corrected chi connectivity index (χ3v) is 2.46. The van der Waals surface area contributed by atoms with Gasteiger partial charge in [0.1, 0.15) is 11.2 Å². The predicted octanol–water partition coefficient (Wildman–Crippen LogP) is 3.56. The van der Waals surface area contributed by atoms with Crippen molar-refractivity contribution in [2.24, 2.45) is 0 Å². The van der Waals surface area contributed by atoms with E-state index < -0.39 is 5.82 Å². The molecular formula is C12H9BrFNO. The fraction of sp³-hybridized carbons (Fsp3) is 0.0833. The van der Waals surface area contributed by atoms with Crippen LogP contribution in [0.4, 0.5) is 4.39 Å². The highest BCUT2D eigenvalue weighted by molar-refractivity contribution is 9.10. The summed E-state index contributed by atoms with van der Waals surface area (Å²) in [6.45, 7) is 0.341. The second kappa shape index (κ2) is 5.07. The van der Waals surface area contributed by atoms with Gasteiger partial charge in [-0.1, -0.05) is 30.3 Å². The van der Waals surface area contributed by atoms with Crippen molar-refractivity contribution in [3.05, 3.63) is 58.6 Å². The summed E-state index contributed by atoms with van der Waals surface area (Å²) in [5.74, 6) is -0.259. The first-order valence-corrected chi connectivity index (χ1v) is 5.53. The van der Waals surface area contributed by atoms with Gasteiger partial charge in [0.15, 0.2) is 11.6 Å². The lowest BCUT2D eigenvalue weighted by Crippen LogP contribution is -1.97. The number of halogens is 2. The van der Waals surface area contributed by atoms with Crippen molar-refractivity contribution in [3.63, 3.8) is 0 Å². The second-order valence-electron chi connectivity index (χ2n) is 3.21. The number of rotatable bonds is 3. The van der Waals surface area contributed by atoms with Gasteiger partial charge in [-0.25, -0.2) is 9.37 Å². The molecule has 0 spiro atoms. The van der Waals surface area contributed by atoms with Crippen LogP contribution in [0.1, 0.15) is 5.56 Å². The highest BCUT2D eigenvalue weighted by Gasteiger charge is 2.04. The monoisotopic (exact) mass is 281 g/mol. The summed E-state index contributed by atoms with van der Waals surface area (Å²) >= 11 is 3.16. The Balaban J connectivity index is 2.08. The van der Waals surface area contributed by atoms with Crippen LogP contribution in [0, 0.1) is 5.82 Å². The molecule has 2 rings (SSSR count). The van der Waals surface area contributed by atoms with Gasteiger partial charge < -0.3 is 4.74 Å². The Morgan fingerprint density at radius 3 is 2.75 bits per heavy atom. The number of aromatic nitrogens is 1. The van der Waals surface area contributed by atoms with Crippen LogP contribution in [0.3, 0.4) is 0 Å². The van der Waals surface area contributed by atoms with E-state index >= 15 is 0 Å². The Morgan fingerprint density at radius 2 is 2.00 bits per heavy atom. The SMILES string of the molecule is Fc1cnc(Br)cc1OCc1ccccc1. The Labute approximate surface area is 101 Å². The van der Waals surface area contributed by atoms with Crippen molar-refractivity contribution < 1.29 is 9.13 Å². The largest absolute Gasteiger partial charge is 0.486 e. The van der Waals surface area contributed by atoms with Gasteiger partial charge in [-0.2, -0.15) is 0 Å². The van der Waals surface area contributed by atoms with Gasteiger partial charge in [-0.3, -0.25) is 0 Å². The number of pyridine rings is 1. The number of ether oxygens (including phenoxy) is 1. The minimum absolute atomic E-state index is 0.200. The summed E-state index contributed by atoms with van der Waals surface area (Å²) in [6, 6.07) is 11.1. The molecule has 0 radical (unpaired) electrons. The molecule has 1 aromatic heterocycles. The van der Waals surface area contributed by atoms with Gasteiger partial charge in [-0.15, -0.1) is 0 Å². The highest BCUT2D eigenvalue weighted by Crippen LogP contribution is 2.20. The molecule has 0 atom stereocenters. The van der Waals surface area contributed by atoms with Crippen molar-refractivity contribution in [3.8, 4) is 5.75 Å². The van der Waals surface area contributed by atoms with Gasteiger partial charge in [0, 0.05) is 6.07 Å². The van der Waals surface area contributed by atoms with E-state index in [1.165, 1.54) is 6.07 Å². The standard InChI is InChI=1S/C12H9BrFNO/c13-12-6-11(10(14)7-15-12)16-8-9-4-2-1-3-5-9/h1-7H,8H2. The molecule has 0 N–H and O–H groups in total. The van der Waals surface area contributed by atoms with Crippen LogP contribution in [0.5, 0.6) is 5.75 Å². The molecule has 82 valence electrons. The summed E-state index contributed by atoms with van der Waals surface area (Å²) in [5, 5.41) is 0. The maximum Gasteiger partial charge on any atom is 0.183 e. The first kappa shape index (κ1) is 11.1. The van der Waals surface area contributed by atoms with E-state index in [1.807, 2.05) is 30.3 Å². The third kappa shape index (κ3) is 2.79. The van der Waals surface area contributed by atoms with Gasteiger partial charge in [0.25, 0.3) is 0 Å². The van der Waals surface area contributed by atoms with Gasteiger partial charge >= 0.3 is 0 Å². The van der Waals surface area contributed by atoms with Crippen LogP contribution < -0.4 is 4.74 Å². The molecule has 0 unspecified atom stereocenters. The Bertz CT molecular complexity index is 476. The van der Waals surface area contributed by atoms with Gasteiger partial charge in [0.05, 0.1) is 6.20 Å². The molecule has 0 bridgehead atoms.